The van der Waals surface area contributed by atoms with Gasteiger partial charge in [-0.3, -0.25) is 0 Å². The molecule has 0 aliphatic carbocycles. The van der Waals surface area contributed by atoms with Crippen LogP contribution in [0.25, 0.3) is 0 Å². The quantitative estimate of drug-likeness (QED) is 0.0880. The minimum Gasteiger partial charge on any atom is -0.332 e. The highest BCUT2D eigenvalue weighted by Crippen LogP contribution is 2.31. The van der Waals surface area contributed by atoms with Gasteiger partial charge >= 0.3 is 0 Å². The molecule has 1 aromatic rings. The third-order valence-electron chi connectivity index (χ3n) is 9.08. The first-order valence-electron chi connectivity index (χ1n) is 18.3. The van der Waals surface area contributed by atoms with Crippen molar-refractivity contribution in [3.63, 3.8) is 0 Å². The minimum atomic E-state index is 0.590. The van der Waals surface area contributed by atoms with Gasteiger partial charge in [-0.1, -0.05) is 181 Å². The third-order valence-corrected chi connectivity index (χ3v) is 9.08. The molecule has 0 radical (unpaired) electrons. The monoisotopic (exact) mass is 545 g/mol. The van der Waals surface area contributed by atoms with E-state index in [1.807, 2.05) is 0 Å². The predicted octanol–water partition coefficient (Wildman–Crippen LogP) is 13.5. The molecule has 0 N–H and O–H groups in total. The minimum absolute atomic E-state index is 0.590. The van der Waals surface area contributed by atoms with Gasteiger partial charge in [0, 0.05) is 24.4 Å². The van der Waals surface area contributed by atoms with Crippen LogP contribution < -0.4 is 0 Å². The number of nitrogens with zero attached hydrogens (tertiary/aromatic N) is 2. The fraction of sp³-hybridized carbons (Fsp3) is 0.919. The van der Waals surface area contributed by atoms with Crippen LogP contribution in [-0.2, 0) is 0 Å². The maximum atomic E-state index is 4.99. The number of unbranched alkanes of at least 4 members (excludes halogenated alkanes) is 22. The molecule has 1 heterocycles. The first-order chi connectivity index (χ1) is 19.2. The molecule has 0 spiro atoms. The molecule has 39 heavy (non-hydrogen) atoms. The van der Waals surface area contributed by atoms with E-state index >= 15 is 0 Å². The summed E-state index contributed by atoms with van der Waals surface area (Å²) < 4.78 is 2.57. The van der Waals surface area contributed by atoms with Crippen LogP contribution in [0.1, 0.15) is 225 Å². The molecule has 0 fully saturated rings. The zero-order valence-electron chi connectivity index (χ0n) is 27.5. The molecule has 0 aliphatic rings. The zero-order chi connectivity index (χ0) is 28.2. The van der Waals surface area contributed by atoms with Gasteiger partial charge in [-0.2, -0.15) is 0 Å². The molecular formula is C37H72N2. The van der Waals surface area contributed by atoms with E-state index in [2.05, 4.69) is 44.7 Å². The summed E-state index contributed by atoms with van der Waals surface area (Å²) in [6.07, 6.45) is 43.7. The van der Waals surface area contributed by atoms with E-state index in [1.54, 1.807) is 0 Å². The summed E-state index contributed by atoms with van der Waals surface area (Å²) in [5.74, 6) is 2.06. The summed E-state index contributed by atoms with van der Waals surface area (Å²) in [4.78, 5) is 4.99. The molecule has 1 aromatic heterocycles. The Morgan fingerprint density at radius 3 is 1.21 bits per heavy atom. The smallest absolute Gasteiger partial charge is 0.111 e. The SMILES string of the molecule is CCCCCCCCCCCCC(C)n1ccnc1C(CCCCCCCC)CCCCCCCCCCC. The fourth-order valence-corrected chi connectivity index (χ4v) is 6.35. The van der Waals surface area contributed by atoms with Crippen molar-refractivity contribution in [2.24, 2.45) is 0 Å². The third kappa shape index (κ3) is 19.8. The molecule has 1 rings (SSSR count). The Labute approximate surface area is 246 Å². The second-order valence-corrected chi connectivity index (χ2v) is 12.9. The lowest BCUT2D eigenvalue weighted by atomic mass is 9.92. The molecule has 2 nitrogen and oxygen atoms in total. The number of hydrogen-bond donors (Lipinski definition) is 0. The molecule has 230 valence electrons. The van der Waals surface area contributed by atoms with Crippen molar-refractivity contribution in [2.75, 3.05) is 0 Å². The Kier molecular flexibility index (Phi) is 25.4. The average molecular weight is 545 g/mol. The largest absolute Gasteiger partial charge is 0.332 e. The summed E-state index contributed by atoms with van der Waals surface area (Å²) >= 11 is 0. The van der Waals surface area contributed by atoms with Crippen LogP contribution in [0.3, 0.4) is 0 Å². The van der Waals surface area contributed by atoms with Gasteiger partial charge < -0.3 is 4.57 Å². The molecule has 2 heteroatoms. The van der Waals surface area contributed by atoms with E-state index in [1.165, 1.54) is 186 Å². The molecular weight excluding hydrogens is 472 g/mol. The van der Waals surface area contributed by atoms with E-state index in [0.717, 1.165) is 0 Å². The summed E-state index contributed by atoms with van der Waals surface area (Å²) in [7, 11) is 0. The van der Waals surface area contributed by atoms with Gasteiger partial charge in [0.15, 0.2) is 0 Å². The molecule has 0 saturated carbocycles. The first-order valence-corrected chi connectivity index (χ1v) is 18.3. The zero-order valence-corrected chi connectivity index (χ0v) is 27.5. The van der Waals surface area contributed by atoms with Crippen molar-refractivity contribution < 1.29 is 0 Å². The maximum absolute atomic E-state index is 4.99. The predicted molar refractivity (Wildman–Crippen MR) is 176 cm³/mol. The van der Waals surface area contributed by atoms with Gasteiger partial charge in [0.25, 0.3) is 0 Å². The molecule has 0 amide bonds. The standard InChI is InChI=1S/C37H72N2/c1-5-8-11-14-17-19-21-22-24-27-30-35(4)39-34-33-38-37(39)36(31-28-25-16-13-10-7-3)32-29-26-23-20-18-15-12-9-6-2/h33-36H,5-32H2,1-4H3. The summed E-state index contributed by atoms with van der Waals surface area (Å²) in [5, 5.41) is 0. The van der Waals surface area contributed by atoms with Crippen LogP contribution in [0, 0.1) is 0 Å². The van der Waals surface area contributed by atoms with Crippen LogP contribution >= 0.6 is 0 Å². The van der Waals surface area contributed by atoms with Gasteiger partial charge in [-0.05, 0) is 26.2 Å². The second kappa shape index (κ2) is 27.4. The number of aromatic nitrogens is 2. The highest BCUT2D eigenvalue weighted by atomic mass is 15.1. The topological polar surface area (TPSA) is 17.8 Å². The lowest BCUT2D eigenvalue weighted by Crippen LogP contribution is -2.13. The lowest BCUT2D eigenvalue weighted by Gasteiger charge is -2.22. The number of rotatable bonds is 30. The van der Waals surface area contributed by atoms with E-state index < -0.39 is 0 Å². The van der Waals surface area contributed by atoms with Crippen LogP contribution in [-0.4, -0.2) is 9.55 Å². The van der Waals surface area contributed by atoms with Crippen molar-refractivity contribution >= 4 is 0 Å². The molecule has 0 saturated heterocycles. The van der Waals surface area contributed by atoms with E-state index in [9.17, 15) is 0 Å². The van der Waals surface area contributed by atoms with Gasteiger partial charge in [0.05, 0.1) is 0 Å². The summed E-state index contributed by atoms with van der Waals surface area (Å²) in [6.45, 7) is 9.38. The molecule has 0 aromatic carbocycles. The number of imidazole rings is 1. The second-order valence-electron chi connectivity index (χ2n) is 12.9. The summed E-state index contributed by atoms with van der Waals surface area (Å²) in [5.41, 5.74) is 0. The molecule has 2 atom stereocenters. The Morgan fingerprint density at radius 1 is 0.487 bits per heavy atom. The fourth-order valence-electron chi connectivity index (χ4n) is 6.35. The highest BCUT2D eigenvalue weighted by Gasteiger charge is 2.19. The van der Waals surface area contributed by atoms with Crippen molar-refractivity contribution in [3.05, 3.63) is 18.2 Å². The first kappa shape index (κ1) is 36.2. The van der Waals surface area contributed by atoms with Gasteiger partial charge in [0.1, 0.15) is 5.82 Å². The van der Waals surface area contributed by atoms with Crippen molar-refractivity contribution in [1.82, 2.24) is 9.55 Å². The van der Waals surface area contributed by atoms with E-state index in [-0.39, 0.29) is 0 Å². The number of hydrogen-bond acceptors (Lipinski definition) is 1. The molecule has 2 unspecified atom stereocenters. The molecule has 0 aliphatic heterocycles. The van der Waals surface area contributed by atoms with E-state index in [0.29, 0.717) is 12.0 Å². The Balaban J connectivity index is 2.42. The normalized spacial score (nSPS) is 13.2. The Morgan fingerprint density at radius 2 is 0.821 bits per heavy atom. The van der Waals surface area contributed by atoms with Gasteiger partial charge in [0.2, 0.25) is 0 Å². The van der Waals surface area contributed by atoms with E-state index in [4.69, 9.17) is 4.98 Å². The van der Waals surface area contributed by atoms with Gasteiger partial charge in [-0.25, -0.2) is 4.98 Å². The van der Waals surface area contributed by atoms with Crippen molar-refractivity contribution in [2.45, 2.75) is 219 Å². The lowest BCUT2D eigenvalue weighted by molar-refractivity contribution is 0.412. The Hall–Kier alpha value is -0.790. The summed E-state index contributed by atoms with van der Waals surface area (Å²) in [6, 6.07) is 0.590. The van der Waals surface area contributed by atoms with Crippen LogP contribution in [0.4, 0.5) is 0 Å². The van der Waals surface area contributed by atoms with Crippen LogP contribution in [0.15, 0.2) is 12.4 Å². The van der Waals surface area contributed by atoms with Crippen LogP contribution in [0.2, 0.25) is 0 Å². The highest BCUT2D eigenvalue weighted by molar-refractivity contribution is 5.02. The van der Waals surface area contributed by atoms with Crippen molar-refractivity contribution in [1.29, 1.82) is 0 Å². The van der Waals surface area contributed by atoms with Gasteiger partial charge in [-0.15, -0.1) is 0 Å². The van der Waals surface area contributed by atoms with Crippen LogP contribution in [0.5, 0.6) is 0 Å². The maximum Gasteiger partial charge on any atom is 0.111 e. The molecule has 0 bridgehead atoms. The average Bonchev–Trinajstić information content (AvgIpc) is 3.44. The van der Waals surface area contributed by atoms with Crippen molar-refractivity contribution in [3.8, 4) is 0 Å². The Bertz CT molecular complexity index is 606.